The first-order chi connectivity index (χ1) is 7.68. The van der Waals surface area contributed by atoms with Gasteiger partial charge < -0.3 is 10.1 Å². The van der Waals surface area contributed by atoms with Crippen molar-refractivity contribution in [1.82, 2.24) is 5.32 Å². The van der Waals surface area contributed by atoms with Crippen molar-refractivity contribution in [2.45, 2.75) is 52.4 Å². The van der Waals surface area contributed by atoms with Gasteiger partial charge in [-0.1, -0.05) is 20.3 Å². The summed E-state index contributed by atoms with van der Waals surface area (Å²) in [6.07, 6.45) is 8.12. The number of ether oxygens (including phenoxy) is 1. The van der Waals surface area contributed by atoms with Gasteiger partial charge >= 0.3 is 0 Å². The van der Waals surface area contributed by atoms with Gasteiger partial charge in [0.25, 0.3) is 0 Å². The maximum Gasteiger partial charge on any atom is 0.0471 e. The van der Waals surface area contributed by atoms with Crippen molar-refractivity contribution in [3.63, 3.8) is 0 Å². The molecule has 16 heavy (non-hydrogen) atoms. The Morgan fingerprint density at radius 2 is 1.75 bits per heavy atom. The Morgan fingerprint density at radius 1 is 1.06 bits per heavy atom. The highest BCUT2D eigenvalue weighted by Gasteiger charge is 2.35. The molecular weight excluding hydrogens is 198 g/mol. The first-order valence-corrected chi connectivity index (χ1v) is 6.97. The summed E-state index contributed by atoms with van der Waals surface area (Å²) in [5.41, 5.74) is 1.14. The highest BCUT2D eigenvalue weighted by Crippen LogP contribution is 2.43. The molecule has 1 aliphatic heterocycles. The lowest BCUT2D eigenvalue weighted by molar-refractivity contribution is 0.0206. The van der Waals surface area contributed by atoms with Crippen molar-refractivity contribution < 1.29 is 4.74 Å². The Kier molecular flexibility index (Phi) is 3.91. The molecular formula is C14H27NO. The SMILES string of the molecule is CCC1(CNCC2(C)CCOCC2)CCC1. The molecule has 2 nitrogen and oxygen atoms in total. The highest BCUT2D eigenvalue weighted by atomic mass is 16.5. The van der Waals surface area contributed by atoms with E-state index in [9.17, 15) is 0 Å². The molecule has 1 aliphatic carbocycles. The lowest BCUT2D eigenvalue weighted by Gasteiger charge is -2.43. The fourth-order valence-electron chi connectivity index (χ4n) is 3.00. The second kappa shape index (κ2) is 5.05. The van der Waals surface area contributed by atoms with Gasteiger partial charge in [0.05, 0.1) is 0 Å². The summed E-state index contributed by atoms with van der Waals surface area (Å²) in [5.74, 6) is 0. The molecule has 1 heterocycles. The van der Waals surface area contributed by atoms with Gasteiger partial charge in [-0.05, 0) is 42.9 Å². The van der Waals surface area contributed by atoms with E-state index in [1.54, 1.807) is 0 Å². The minimum atomic E-state index is 0.483. The molecule has 0 aromatic carbocycles. The van der Waals surface area contributed by atoms with Crippen LogP contribution in [0, 0.1) is 10.8 Å². The third-order valence-electron chi connectivity index (χ3n) is 4.92. The van der Waals surface area contributed by atoms with Crippen LogP contribution in [0.5, 0.6) is 0 Å². The van der Waals surface area contributed by atoms with Crippen LogP contribution in [0.2, 0.25) is 0 Å². The normalized spacial score (nSPS) is 27.4. The van der Waals surface area contributed by atoms with Gasteiger partial charge in [0, 0.05) is 26.3 Å². The largest absolute Gasteiger partial charge is 0.381 e. The van der Waals surface area contributed by atoms with Crippen LogP contribution in [-0.4, -0.2) is 26.3 Å². The number of nitrogens with one attached hydrogen (secondary N) is 1. The van der Waals surface area contributed by atoms with E-state index in [1.807, 2.05) is 0 Å². The molecule has 0 aromatic rings. The molecule has 1 N–H and O–H groups in total. The van der Waals surface area contributed by atoms with Crippen LogP contribution < -0.4 is 5.32 Å². The average molecular weight is 225 g/mol. The molecule has 2 rings (SSSR count). The third kappa shape index (κ3) is 2.78. The average Bonchev–Trinajstić information content (AvgIpc) is 2.23. The van der Waals surface area contributed by atoms with Crippen LogP contribution in [-0.2, 0) is 4.74 Å². The molecule has 0 unspecified atom stereocenters. The smallest absolute Gasteiger partial charge is 0.0471 e. The predicted octanol–water partition coefficient (Wildman–Crippen LogP) is 2.97. The molecule has 1 saturated carbocycles. The Labute approximate surface area is 100 Å². The van der Waals surface area contributed by atoms with E-state index < -0.39 is 0 Å². The lowest BCUT2D eigenvalue weighted by atomic mass is 9.67. The summed E-state index contributed by atoms with van der Waals surface area (Å²) < 4.78 is 5.44. The number of hydrogen-bond acceptors (Lipinski definition) is 2. The van der Waals surface area contributed by atoms with E-state index in [-0.39, 0.29) is 0 Å². The van der Waals surface area contributed by atoms with Crippen LogP contribution in [0.3, 0.4) is 0 Å². The number of rotatable bonds is 5. The molecule has 0 spiro atoms. The van der Waals surface area contributed by atoms with E-state index in [2.05, 4.69) is 19.2 Å². The molecule has 0 bridgehead atoms. The van der Waals surface area contributed by atoms with Gasteiger partial charge in [-0.25, -0.2) is 0 Å². The Bertz CT molecular complexity index is 211. The van der Waals surface area contributed by atoms with Gasteiger partial charge in [0.1, 0.15) is 0 Å². The topological polar surface area (TPSA) is 21.3 Å². The Morgan fingerprint density at radius 3 is 2.25 bits per heavy atom. The van der Waals surface area contributed by atoms with Crippen LogP contribution in [0.4, 0.5) is 0 Å². The van der Waals surface area contributed by atoms with Crippen molar-refractivity contribution in [3.8, 4) is 0 Å². The molecule has 0 radical (unpaired) electrons. The second-order valence-electron chi connectivity index (χ2n) is 6.23. The zero-order valence-corrected chi connectivity index (χ0v) is 11.0. The highest BCUT2D eigenvalue weighted by molar-refractivity contribution is 4.89. The van der Waals surface area contributed by atoms with Crippen molar-refractivity contribution in [1.29, 1.82) is 0 Å². The van der Waals surface area contributed by atoms with E-state index in [4.69, 9.17) is 4.74 Å². The lowest BCUT2D eigenvalue weighted by Crippen LogP contribution is -2.44. The number of hydrogen-bond donors (Lipinski definition) is 1. The summed E-state index contributed by atoms with van der Waals surface area (Å²) >= 11 is 0. The van der Waals surface area contributed by atoms with Gasteiger partial charge in [0.2, 0.25) is 0 Å². The van der Waals surface area contributed by atoms with Crippen molar-refractivity contribution in [3.05, 3.63) is 0 Å². The van der Waals surface area contributed by atoms with Crippen molar-refractivity contribution in [2.75, 3.05) is 26.3 Å². The van der Waals surface area contributed by atoms with Crippen LogP contribution >= 0.6 is 0 Å². The maximum absolute atomic E-state index is 5.44. The van der Waals surface area contributed by atoms with E-state index in [1.165, 1.54) is 51.6 Å². The molecule has 0 amide bonds. The minimum Gasteiger partial charge on any atom is -0.381 e. The monoisotopic (exact) mass is 225 g/mol. The molecule has 2 fully saturated rings. The molecule has 0 aromatic heterocycles. The molecule has 2 heteroatoms. The molecule has 1 saturated heterocycles. The van der Waals surface area contributed by atoms with E-state index in [0.29, 0.717) is 10.8 Å². The fourth-order valence-corrected chi connectivity index (χ4v) is 3.00. The van der Waals surface area contributed by atoms with Crippen LogP contribution in [0.15, 0.2) is 0 Å². The maximum atomic E-state index is 5.44. The van der Waals surface area contributed by atoms with E-state index in [0.717, 1.165) is 13.2 Å². The van der Waals surface area contributed by atoms with Gasteiger partial charge in [-0.15, -0.1) is 0 Å². The Hall–Kier alpha value is -0.0800. The van der Waals surface area contributed by atoms with Crippen molar-refractivity contribution >= 4 is 0 Å². The second-order valence-corrected chi connectivity index (χ2v) is 6.23. The summed E-state index contributed by atoms with van der Waals surface area (Å²) in [6, 6.07) is 0. The first-order valence-electron chi connectivity index (χ1n) is 6.97. The minimum absolute atomic E-state index is 0.483. The van der Waals surface area contributed by atoms with Gasteiger partial charge in [-0.3, -0.25) is 0 Å². The molecule has 0 atom stereocenters. The summed E-state index contributed by atoms with van der Waals surface area (Å²) in [7, 11) is 0. The molecule has 2 aliphatic rings. The summed E-state index contributed by atoms with van der Waals surface area (Å²) in [5, 5.41) is 3.73. The predicted molar refractivity (Wildman–Crippen MR) is 67.6 cm³/mol. The molecule has 94 valence electrons. The van der Waals surface area contributed by atoms with Crippen molar-refractivity contribution in [2.24, 2.45) is 10.8 Å². The van der Waals surface area contributed by atoms with Crippen LogP contribution in [0.25, 0.3) is 0 Å². The van der Waals surface area contributed by atoms with Gasteiger partial charge in [-0.2, -0.15) is 0 Å². The first kappa shape index (κ1) is 12.4. The summed E-state index contributed by atoms with van der Waals surface area (Å²) in [6.45, 7) is 9.07. The third-order valence-corrected chi connectivity index (χ3v) is 4.92. The quantitative estimate of drug-likeness (QED) is 0.776. The van der Waals surface area contributed by atoms with Crippen LogP contribution in [0.1, 0.15) is 52.4 Å². The Balaban J connectivity index is 1.70. The zero-order chi connectivity index (χ0) is 11.5. The summed E-state index contributed by atoms with van der Waals surface area (Å²) in [4.78, 5) is 0. The standard InChI is InChI=1S/C14H27NO/c1-3-14(5-4-6-14)12-15-11-13(2)7-9-16-10-8-13/h15H,3-12H2,1-2H3. The fraction of sp³-hybridized carbons (Fsp3) is 1.00. The zero-order valence-electron chi connectivity index (χ0n) is 11.0. The van der Waals surface area contributed by atoms with Gasteiger partial charge in [0.15, 0.2) is 0 Å². The van der Waals surface area contributed by atoms with E-state index >= 15 is 0 Å².